The Kier molecular flexibility index (Phi) is 3.30. The number of nitrogens with two attached hydrogens (primary N) is 1. The zero-order valence-electron chi connectivity index (χ0n) is 10.8. The summed E-state index contributed by atoms with van der Waals surface area (Å²) in [7, 11) is 0. The van der Waals surface area contributed by atoms with Gasteiger partial charge in [0.15, 0.2) is 0 Å². The molecule has 0 atom stereocenters. The zero-order valence-corrected chi connectivity index (χ0v) is 10.8. The Morgan fingerprint density at radius 1 is 0.842 bits per heavy atom. The topological polar surface area (TPSA) is 26.0 Å². The molecule has 0 fully saturated rings. The molecule has 0 amide bonds. The summed E-state index contributed by atoms with van der Waals surface area (Å²) in [4.78, 5) is 0. The molecule has 1 heteroatoms. The van der Waals surface area contributed by atoms with E-state index in [4.69, 9.17) is 5.73 Å². The first kappa shape index (κ1) is 11.9. The number of rotatable bonds is 3. The minimum atomic E-state index is 0.694. The van der Waals surface area contributed by atoms with Gasteiger partial charge in [0.2, 0.25) is 0 Å². The largest absolute Gasteiger partial charge is 0.330 e. The highest BCUT2D eigenvalue weighted by atomic mass is 14.5. The maximum absolute atomic E-state index is 5.57. The molecule has 2 N–H and O–H groups in total. The number of hydrogen-bond acceptors (Lipinski definition) is 1. The van der Waals surface area contributed by atoms with Gasteiger partial charge in [-0.3, -0.25) is 0 Å². The van der Waals surface area contributed by atoms with Crippen LogP contribution in [0.5, 0.6) is 0 Å². The molecule has 3 aromatic carbocycles. The smallest absolute Gasteiger partial charge is 0.00425 e. The fourth-order valence-electron chi connectivity index (χ4n) is 2.53. The lowest BCUT2D eigenvalue weighted by Crippen LogP contribution is -1.95. The molecular formula is C18H17N. The zero-order chi connectivity index (χ0) is 13.1. The molecule has 0 bridgehead atoms. The van der Waals surface area contributed by atoms with Crippen molar-refractivity contribution in [2.75, 3.05) is 6.54 Å². The molecule has 0 radical (unpaired) electrons. The van der Waals surface area contributed by atoms with Crippen LogP contribution in [0.4, 0.5) is 0 Å². The van der Waals surface area contributed by atoms with Crippen molar-refractivity contribution in [3.05, 3.63) is 66.2 Å². The van der Waals surface area contributed by atoms with E-state index in [0.29, 0.717) is 6.54 Å². The maximum Gasteiger partial charge on any atom is -0.00425 e. The molecule has 0 saturated carbocycles. The Morgan fingerprint density at radius 2 is 1.42 bits per heavy atom. The second-order valence-corrected chi connectivity index (χ2v) is 4.71. The summed E-state index contributed by atoms with van der Waals surface area (Å²) in [5.74, 6) is 0. The minimum absolute atomic E-state index is 0.694. The standard InChI is InChI=1S/C18H17N/c19-12-6-5-11-18-16-9-3-1-7-14(16)13-15-8-2-4-10-17(15)18/h1-5,7-11,13H,6,12,19H2. The molecule has 0 aliphatic heterocycles. The van der Waals surface area contributed by atoms with Crippen LogP contribution in [0.25, 0.3) is 27.6 Å². The van der Waals surface area contributed by atoms with E-state index in [0.717, 1.165) is 6.42 Å². The summed E-state index contributed by atoms with van der Waals surface area (Å²) in [5.41, 5.74) is 6.86. The van der Waals surface area contributed by atoms with Gasteiger partial charge in [0.05, 0.1) is 0 Å². The van der Waals surface area contributed by atoms with Crippen LogP contribution >= 0.6 is 0 Å². The molecule has 3 aromatic rings. The van der Waals surface area contributed by atoms with Gasteiger partial charge >= 0.3 is 0 Å². The number of benzene rings is 3. The highest BCUT2D eigenvalue weighted by Crippen LogP contribution is 2.29. The lowest BCUT2D eigenvalue weighted by Gasteiger charge is -2.08. The van der Waals surface area contributed by atoms with Gasteiger partial charge in [-0.25, -0.2) is 0 Å². The Bertz CT molecular complexity index is 687. The average Bonchev–Trinajstić information content (AvgIpc) is 2.46. The summed E-state index contributed by atoms with van der Waals surface area (Å²) in [6.07, 6.45) is 5.28. The van der Waals surface area contributed by atoms with Crippen LogP contribution in [0.3, 0.4) is 0 Å². The van der Waals surface area contributed by atoms with Crippen LogP contribution in [0.2, 0.25) is 0 Å². The van der Waals surface area contributed by atoms with E-state index in [2.05, 4.69) is 66.7 Å². The highest BCUT2D eigenvalue weighted by Gasteiger charge is 2.03. The Hall–Kier alpha value is -2.12. The number of hydrogen-bond donors (Lipinski definition) is 1. The summed E-state index contributed by atoms with van der Waals surface area (Å²) < 4.78 is 0. The molecule has 0 aromatic heterocycles. The molecule has 0 aliphatic rings. The Labute approximate surface area is 113 Å². The van der Waals surface area contributed by atoms with Gasteiger partial charge in [-0.1, -0.05) is 60.7 Å². The summed E-state index contributed by atoms with van der Waals surface area (Å²) in [6.45, 7) is 0.694. The Morgan fingerprint density at radius 3 is 2.00 bits per heavy atom. The summed E-state index contributed by atoms with van der Waals surface area (Å²) in [5, 5.41) is 5.17. The van der Waals surface area contributed by atoms with Gasteiger partial charge < -0.3 is 5.73 Å². The SMILES string of the molecule is NCCC=Cc1c2ccccc2cc2ccccc12. The molecule has 94 valence electrons. The monoisotopic (exact) mass is 247 g/mol. The van der Waals surface area contributed by atoms with Crippen LogP contribution in [0.1, 0.15) is 12.0 Å². The highest BCUT2D eigenvalue weighted by molar-refractivity contribution is 6.06. The third-order valence-electron chi connectivity index (χ3n) is 3.43. The fourth-order valence-corrected chi connectivity index (χ4v) is 2.53. The average molecular weight is 247 g/mol. The second-order valence-electron chi connectivity index (χ2n) is 4.71. The summed E-state index contributed by atoms with van der Waals surface area (Å²) >= 11 is 0. The van der Waals surface area contributed by atoms with Gasteiger partial charge in [0, 0.05) is 0 Å². The number of fused-ring (bicyclic) bond motifs is 2. The van der Waals surface area contributed by atoms with Crippen molar-refractivity contribution in [3.63, 3.8) is 0 Å². The second kappa shape index (κ2) is 5.25. The third kappa shape index (κ3) is 2.25. The lowest BCUT2D eigenvalue weighted by molar-refractivity contribution is 1.01. The van der Waals surface area contributed by atoms with Crippen LogP contribution < -0.4 is 5.73 Å². The molecule has 0 aliphatic carbocycles. The van der Waals surface area contributed by atoms with Gasteiger partial charge in [0.25, 0.3) is 0 Å². The van der Waals surface area contributed by atoms with Crippen LogP contribution in [-0.2, 0) is 0 Å². The summed E-state index contributed by atoms with van der Waals surface area (Å²) in [6, 6.07) is 19.3. The van der Waals surface area contributed by atoms with Crippen LogP contribution in [0, 0.1) is 0 Å². The molecule has 19 heavy (non-hydrogen) atoms. The van der Waals surface area contributed by atoms with E-state index in [-0.39, 0.29) is 0 Å². The minimum Gasteiger partial charge on any atom is -0.330 e. The lowest BCUT2D eigenvalue weighted by atomic mass is 9.96. The van der Waals surface area contributed by atoms with Gasteiger partial charge in [0.1, 0.15) is 0 Å². The van der Waals surface area contributed by atoms with Crippen molar-refractivity contribution in [2.24, 2.45) is 5.73 Å². The van der Waals surface area contributed by atoms with Crippen molar-refractivity contribution in [3.8, 4) is 0 Å². The molecule has 0 unspecified atom stereocenters. The van der Waals surface area contributed by atoms with Crippen molar-refractivity contribution in [1.29, 1.82) is 0 Å². The van der Waals surface area contributed by atoms with Crippen LogP contribution in [0.15, 0.2) is 60.7 Å². The maximum atomic E-state index is 5.57. The van der Waals surface area contributed by atoms with E-state index in [1.165, 1.54) is 27.1 Å². The predicted octanol–water partition coefficient (Wildman–Crippen LogP) is 4.36. The van der Waals surface area contributed by atoms with E-state index in [9.17, 15) is 0 Å². The van der Waals surface area contributed by atoms with Crippen molar-refractivity contribution >= 4 is 27.6 Å². The third-order valence-corrected chi connectivity index (χ3v) is 3.43. The van der Waals surface area contributed by atoms with E-state index >= 15 is 0 Å². The predicted molar refractivity (Wildman–Crippen MR) is 84.2 cm³/mol. The van der Waals surface area contributed by atoms with E-state index in [1.807, 2.05) is 0 Å². The fraction of sp³-hybridized carbons (Fsp3) is 0.111. The molecule has 0 spiro atoms. The van der Waals surface area contributed by atoms with Crippen molar-refractivity contribution in [1.82, 2.24) is 0 Å². The van der Waals surface area contributed by atoms with Gasteiger partial charge in [-0.05, 0) is 46.1 Å². The molecule has 1 nitrogen and oxygen atoms in total. The van der Waals surface area contributed by atoms with Crippen molar-refractivity contribution < 1.29 is 0 Å². The quantitative estimate of drug-likeness (QED) is 0.684. The molecular weight excluding hydrogens is 230 g/mol. The van der Waals surface area contributed by atoms with Gasteiger partial charge in [-0.15, -0.1) is 0 Å². The van der Waals surface area contributed by atoms with E-state index in [1.54, 1.807) is 0 Å². The molecule has 0 saturated heterocycles. The van der Waals surface area contributed by atoms with E-state index < -0.39 is 0 Å². The van der Waals surface area contributed by atoms with Crippen molar-refractivity contribution in [2.45, 2.75) is 6.42 Å². The Balaban J connectivity index is 2.33. The first-order valence-corrected chi connectivity index (χ1v) is 6.67. The molecule has 3 rings (SSSR count). The molecule has 0 heterocycles. The van der Waals surface area contributed by atoms with Gasteiger partial charge in [-0.2, -0.15) is 0 Å². The first-order valence-electron chi connectivity index (χ1n) is 6.67. The first-order chi connectivity index (χ1) is 9.40. The normalized spacial score (nSPS) is 11.6. The van der Waals surface area contributed by atoms with Crippen LogP contribution in [-0.4, -0.2) is 6.54 Å².